The molecule has 0 atom stereocenters. The average molecular weight is 293 g/mol. The van der Waals surface area contributed by atoms with Crippen molar-refractivity contribution in [2.75, 3.05) is 18.4 Å². The van der Waals surface area contributed by atoms with Crippen molar-refractivity contribution in [3.05, 3.63) is 23.6 Å². The largest absolute Gasteiger partial charge is 0.390 e. The lowest BCUT2D eigenvalue weighted by atomic mass is 10.2. The van der Waals surface area contributed by atoms with E-state index >= 15 is 0 Å². The van der Waals surface area contributed by atoms with E-state index in [-0.39, 0.29) is 11.4 Å². The van der Waals surface area contributed by atoms with Gasteiger partial charge in [-0.3, -0.25) is 4.79 Å². The van der Waals surface area contributed by atoms with Gasteiger partial charge in [-0.05, 0) is 12.5 Å². The van der Waals surface area contributed by atoms with Gasteiger partial charge in [0, 0.05) is 13.1 Å². The fourth-order valence-electron chi connectivity index (χ4n) is 1.41. The molecule has 112 valence electrons. The minimum atomic E-state index is -4.35. The maximum Gasteiger partial charge on any atom is 0.390 e. The summed E-state index contributed by atoms with van der Waals surface area (Å²) in [6.45, 7) is 1.84. The summed E-state index contributed by atoms with van der Waals surface area (Å²) in [4.78, 5) is 15.5. The predicted molar refractivity (Wildman–Crippen MR) is 66.0 cm³/mol. The van der Waals surface area contributed by atoms with Crippen LogP contribution in [0.5, 0.6) is 0 Å². The molecule has 1 rings (SSSR count). The molecule has 0 saturated carbocycles. The van der Waals surface area contributed by atoms with Gasteiger partial charge in [-0.15, -0.1) is 0 Å². The van der Waals surface area contributed by atoms with Crippen molar-refractivity contribution in [2.24, 2.45) is 0 Å². The molecule has 1 aromatic heterocycles. The van der Waals surface area contributed by atoms with E-state index in [9.17, 15) is 22.4 Å². The molecule has 0 aliphatic rings. The highest BCUT2D eigenvalue weighted by atomic mass is 19.4. The molecule has 1 heterocycles. The van der Waals surface area contributed by atoms with E-state index in [2.05, 4.69) is 15.6 Å². The fraction of sp³-hybridized carbons (Fsp3) is 0.500. The standard InChI is InChI=1S/C12H15F4N3O/c1-2-4-17-10-9(6-8(13)7-19-10)11(20)18-5-3-12(14,15)16/h6-7H,2-5H2,1H3,(H,17,19)(H,18,20). The van der Waals surface area contributed by atoms with E-state index in [0.717, 1.165) is 18.7 Å². The van der Waals surface area contributed by atoms with Crippen molar-refractivity contribution < 1.29 is 22.4 Å². The number of amides is 1. The number of halogens is 4. The van der Waals surface area contributed by atoms with Crippen molar-refractivity contribution in [2.45, 2.75) is 25.9 Å². The Bertz CT molecular complexity index is 463. The van der Waals surface area contributed by atoms with Gasteiger partial charge in [-0.1, -0.05) is 6.92 Å². The Kier molecular flexibility index (Phi) is 5.72. The molecule has 8 heteroatoms. The van der Waals surface area contributed by atoms with Gasteiger partial charge in [0.2, 0.25) is 0 Å². The van der Waals surface area contributed by atoms with Crippen LogP contribution in [0, 0.1) is 5.82 Å². The van der Waals surface area contributed by atoms with Gasteiger partial charge in [0.25, 0.3) is 5.91 Å². The second-order valence-electron chi connectivity index (χ2n) is 4.10. The molecule has 1 aromatic rings. The zero-order valence-corrected chi connectivity index (χ0v) is 10.9. The summed E-state index contributed by atoms with van der Waals surface area (Å²) < 4.78 is 49.0. The highest BCUT2D eigenvalue weighted by Crippen LogP contribution is 2.19. The normalized spacial score (nSPS) is 11.2. The number of aromatic nitrogens is 1. The number of pyridine rings is 1. The van der Waals surface area contributed by atoms with Crippen LogP contribution in [-0.4, -0.2) is 30.2 Å². The predicted octanol–water partition coefficient (Wildman–Crippen LogP) is 2.72. The molecule has 0 aliphatic carbocycles. The van der Waals surface area contributed by atoms with Gasteiger partial charge in [-0.2, -0.15) is 13.2 Å². The van der Waals surface area contributed by atoms with Crippen LogP contribution in [0.3, 0.4) is 0 Å². The molecular weight excluding hydrogens is 278 g/mol. The van der Waals surface area contributed by atoms with Crippen LogP contribution in [0.15, 0.2) is 12.3 Å². The van der Waals surface area contributed by atoms with E-state index in [1.165, 1.54) is 0 Å². The minimum Gasteiger partial charge on any atom is -0.369 e. The zero-order chi connectivity index (χ0) is 15.2. The topological polar surface area (TPSA) is 54.0 Å². The third kappa shape index (κ3) is 5.41. The maximum atomic E-state index is 13.1. The number of carbonyl (C=O) groups excluding carboxylic acids is 1. The second kappa shape index (κ2) is 7.06. The number of rotatable bonds is 6. The molecule has 0 unspecified atom stereocenters. The van der Waals surface area contributed by atoms with E-state index in [0.29, 0.717) is 6.54 Å². The number of hydrogen-bond donors (Lipinski definition) is 2. The summed E-state index contributed by atoms with van der Waals surface area (Å²) in [7, 11) is 0. The first-order chi connectivity index (χ1) is 9.33. The molecule has 1 amide bonds. The lowest BCUT2D eigenvalue weighted by molar-refractivity contribution is -0.132. The molecule has 2 N–H and O–H groups in total. The van der Waals surface area contributed by atoms with E-state index in [1.807, 2.05) is 6.92 Å². The highest BCUT2D eigenvalue weighted by Gasteiger charge is 2.26. The summed E-state index contributed by atoms with van der Waals surface area (Å²) in [6.07, 6.45) is -3.80. The molecular formula is C12H15F4N3O. The lowest BCUT2D eigenvalue weighted by Crippen LogP contribution is -2.29. The van der Waals surface area contributed by atoms with E-state index in [4.69, 9.17) is 0 Å². The third-order valence-corrected chi connectivity index (χ3v) is 2.34. The summed E-state index contributed by atoms with van der Waals surface area (Å²) in [5.74, 6) is -1.37. The molecule has 0 fully saturated rings. The highest BCUT2D eigenvalue weighted by molar-refractivity contribution is 5.98. The summed E-state index contributed by atoms with van der Waals surface area (Å²) >= 11 is 0. The zero-order valence-electron chi connectivity index (χ0n) is 10.9. The Hall–Kier alpha value is -1.86. The first kappa shape index (κ1) is 16.2. The molecule has 0 spiro atoms. The summed E-state index contributed by atoms with van der Waals surface area (Å²) in [5.41, 5.74) is -0.111. The SMILES string of the molecule is CCCNc1ncc(F)cc1C(=O)NCCC(F)(F)F. The fourth-order valence-corrected chi connectivity index (χ4v) is 1.41. The van der Waals surface area contributed by atoms with Gasteiger partial charge in [0.1, 0.15) is 11.6 Å². The molecule has 0 saturated heterocycles. The average Bonchev–Trinajstić information content (AvgIpc) is 2.35. The van der Waals surface area contributed by atoms with Crippen molar-refractivity contribution in [3.8, 4) is 0 Å². The molecule has 0 radical (unpaired) electrons. The van der Waals surface area contributed by atoms with Crippen LogP contribution < -0.4 is 10.6 Å². The Labute approximate surface area is 113 Å². The van der Waals surface area contributed by atoms with Crippen LogP contribution in [0.1, 0.15) is 30.1 Å². The van der Waals surface area contributed by atoms with Crippen LogP contribution in [0.4, 0.5) is 23.4 Å². The first-order valence-corrected chi connectivity index (χ1v) is 6.08. The number of alkyl halides is 3. The Balaban J connectivity index is 2.72. The Morgan fingerprint density at radius 2 is 2.05 bits per heavy atom. The Morgan fingerprint density at radius 3 is 2.65 bits per heavy atom. The maximum absolute atomic E-state index is 13.1. The van der Waals surface area contributed by atoms with Crippen molar-refractivity contribution in [1.82, 2.24) is 10.3 Å². The molecule has 4 nitrogen and oxygen atoms in total. The van der Waals surface area contributed by atoms with Crippen LogP contribution in [0.25, 0.3) is 0 Å². The second-order valence-corrected chi connectivity index (χ2v) is 4.10. The van der Waals surface area contributed by atoms with Gasteiger partial charge < -0.3 is 10.6 Å². The molecule has 0 bridgehead atoms. The lowest BCUT2D eigenvalue weighted by Gasteiger charge is -2.11. The minimum absolute atomic E-state index is 0.111. The van der Waals surface area contributed by atoms with Crippen LogP contribution in [-0.2, 0) is 0 Å². The summed E-state index contributed by atoms with van der Waals surface area (Å²) in [6, 6.07) is 0.938. The van der Waals surface area contributed by atoms with Gasteiger partial charge >= 0.3 is 6.18 Å². The molecule has 0 aliphatic heterocycles. The smallest absolute Gasteiger partial charge is 0.369 e. The van der Waals surface area contributed by atoms with Crippen molar-refractivity contribution in [3.63, 3.8) is 0 Å². The van der Waals surface area contributed by atoms with Gasteiger partial charge in [0.05, 0.1) is 18.2 Å². The third-order valence-electron chi connectivity index (χ3n) is 2.34. The Morgan fingerprint density at radius 1 is 1.35 bits per heavy atom. The van der Waals surface area contributed by atoms with Crippen molar-refractivity contribution in [1.29, 1.82) is 0 Å². The van der Waals surface area contributed by atoms with Crippen LogP contribution in [0.2, 0.25) is 0 Å². The molecule has 0 aromatic carbocycles. The van der Waals surface area contributed by atoms with Gasteiger partial charge in [-0.25, -0.2) is 9.37 Å². The van der Waals surface area contributed by atoms with Gasteiger partial charge in [0.15, 0.2) is 0 Å². The number of nitrogens with one attached hydrogen (secondary N) is 2. The summed E-state index contributed by atoms with van der Waals surface area (Å²) in [5, 5.41) is 4.91. The number of nitrogens with zero attached hydrogens (tertiary/aromatic N) is 1. The van der Waals surface area contributed by atoms with E-state index in [1.54, 1.807) is 0 Å². The van der Waals surface area contributed by atoms with Crippen LogP contribution >= 0.6 is 0 Å². The first-order valence-electron chi connectivity index (χ1n) is 6.08. The van der Waals surface area contributed by atoms with Crippen molar-refractivity contribution >= 4 is 11.7 Å². The number of hydrogen-bond acceptors (Lipinski definition) is 3. The number of carbonyl (C=O) groups is 1. The van der Waals surface area contributed by atoms with E-state index < -0.39 is 30.9 Å². The monoisotopic (exact) mass is 293 g/mol. The number of anilines is 1. The molecule has 20 heavy (non-hydrogen) atoms. The quantitative estimate of drug-likeness (QED) is 0.793.